The van der Waals surface area contributed by atoms with Crippen molar-refractivity contribution in [3.8, 4) is 6.07 Å². The van der Waals surface area contributed by atoms with E-state index in [9.17, 15) is 4.79 Å². The molecule has 0 unspecified atom stereocenters. The van der Waals surface area contributed by atoms with E-state index in [1.165, 1.54) is 6.92 Å². The van der Waals surface area contributed by atoms with Gasteiger partial charge in [0.2, 0.25) is 5.91 Å². The number of nitrogens with one attached hydrogen (secondary N) is 1. The normalized spacial score (nSPS) is 10.1. The lowest BCUT2D eigenvalue weighted by molar-refractivity contribution is -0.118. The van der Waals surface area contributed by atoms with E-state index in [-0.39, 0.29) is 5.91 Å². The van der Waals surface area contributed by atoms with Crippen LogP contribution in [0.3, 0.4) is 0 Å². The highest BCUT2D eigenvalue weighted by Gasteiger charge is 1.97. The molecule has 0 aliphatic carbocycles. The molecule has 0 radical (unpaired) electrons. The van der Waals surface area contributed by atoms with Gasteiger partial charge in [-0.05, 0) is 18.6 Å². The summed E-state index contributed by atoms with van der Waals surface area (Å²) in [6.45, 7) is 3.93. The molecule has 0 atom stereocenters. The molecule has 3 heteroatoms. The zero-order valence-electron chi connectivity index (χ0n) is 9.45. The topological polar surface area (TPSA) is 52.9 Å². The van der Waals surface area contributed by atoms with Crippen molar-refractivity contribution < 1.29 is 4.79 Å². The summed E-state index contributed by atoms with van der Waals surface area (Å²) in [6, 6.07) is 7.79. The molecule has 0 saturated heterocycles. The number of hydrogen-bond donors (Lipinski definition) is 1. The molecule has 1 aromatic rings. The summed E-state index contributed by atoms with van der Waals surface area (Å²) in [5, 5.41) is 11.6. The number of carbonyl (C=O) groups is 1. The van der Waals surface area contributed by atoms with Gasteiger partial charge in [-0.15, -0.1) is 0 Å². The number of carbonyl (C=O) groups excluding carboxylic acids is 1. The maximum absolute atomic E-state index is 10.6. The third-order valence-corrected chi connectivity index (χ3v) is 2.09. The van der Waals surface area contributed by atoms with E-state index in [1.807, 2.05) is 31.2 Å². The number of benzene rings is 1. The van der Waals surface area contributed by atoms with Crippen LogP contribution in [-0.4, -0.2) is 12.5 Å². The first-order chi connectivity index (χ1) is 7.63. The van der Waals surface area contributed by atoms with E-state index in [0.29, 0.717) is 12.1 Å². The Morgan fingerprint density at radius 2 is 2.31 bits per heavy atom. The zero-order valence-corrected chi connectivity index (χ0v) is 9.45. The van der Waals surface area contributed by atoms with Crippen LogP contribution in [0.5, 0.6) is 0 Å². The van der Waals surface area contributed by atoms with Crippen molar-refractivity contribution in [1.29, 1.82) is 5.26 Å². The largest absolute Gasteiger partial charge is 0.353 e. The Bertz CT molecular complexity index is 455. The van der Waals surface area contributed by atoms with Gasteiger partial charge in [0, 0.05) is 13.5 Å². The highest BCUT2D eigenvalue weighted by molar-refractivity contribution is 5.73. The molecule has 0 fully saturated rings. The fraction of sp³-hybridized carbons (Fsp3) is 0.231. The monoisotopic (exact) mass is 214 g/mol. The second kappa shape index (κ2) is 5.72. The Balaban J connectivity index is 2.76. The molecule has 1 N–H and O–H groups in total. The Kier molecular flexibility index (Phi) is 4.28. The molecule has 82 valence electrons. The lowest BCUT2D eigenvalue weighted by Gasteiger charge is -2.00. The van der Waals surface area contributed by atoms with Gasteiger partial charge < -0.3 is 5.32 Å². The van der Waals surface area contributed by atoms with Crippen LogP contribution in [0, 0.1) is 18.3 Å². The van der Waals surface area contributed by atoms with Crippen LogP contribution in [0.15, 0.2) is 24.3 Å². The van der Waals surface area contributed by atoms with E-state index in [4.69, 9.17) is 5.26 Å². The minimum absolute atomic E-state index is 0.0607. The van der Waals surface area contributed by atoms with Gasteiger partial charge in [-0.2, -0.15) is 5.26 Å². The summed E-state index contributed by atoms with van der Waals surface area (Å²) in [4.78, 5) is 10.6. The molecule has 1 amide bonds. The van der Waals surface area contributed by atoms with Gasteiger partial charge in [-0.25, -0.2) is 0 Å². The van der Waals surface area contributed by atoms with Crippen LogP contribution in [0.25, 0.3) is 6.08 Å². The Morgan fingerprint density at radius 1 is 1.56 bits per heavy atom. The lowest BCUT2D eigenvalue weighted by atomic mass is 10.1. The van der Waals surface area contributed by atoms with Crippen LogP contribution in [0.2, 0.25) is 0 Å². The number of amides is 1. The van der Waals surface area contributed by atoms with Crippen LogP contribution in [0.4, 0.5) is 0 Å². The second-order valence-corrected chi connectivity index (χ2v) is 3.54. The van der Waals surface area contributed by atoms with Gasteiger partial charge in [-0.1, -0.05) is 29.8 Å². The predicted octanol–water partition coefficient (Wildman–Crippen LogP) is 2.02. The summed E-state index contributed by atoms with van der Waals surface area (Å²) >= 11 is 0. The number of nitrogens with zero attached hydrogens (tertiary/aromatic N) is 1. The molecule has 1 aromatic carbocycles. The summed E-state index contributed by atoms with van der Waals surface area (Å²) < 4.78 is 0. The number of aryl methyl sites for hydroxylation is 1. The number of rotatable bonds is 3. The fourth-order valence-corrected chi connectivity index (χ4v) is 1.31. The van der Waals surface area contributed by atoms with Crippen molar-refractivity contribution in [3.05, 3.63) is 41.0 Å². The van der Waals surface area contributed by atoms with Crippen molar-refractivity contribution in [3.63, 3.8) is 0 Å². The molecule has 1 rings (SSSR count). The van der Waals surface area contributed by atoms with Crippen molar-refractivity contribution in [2.75, 3.05) is 6.54 Å². The van der Waals surface area contributed by atoms with Crippen LogP contribution in [-0.2, 0) is 4.79 Å². The van der Waals surface area contributed by atoms with E-state index < -0.39 is 0 Å². The van der Waals surface area contributed by atoms with E-state index in [2.05, 4.69) is 11.4 Å². The van der Waals surface area contributed by atoms with Crippen LogP contribution in [0.1, 0.15) is 23.6 Å². The fourth-order valence-electron chi connectivity index (χ4n) is 1.31. The standard InChI is InChI=1S/C13H14N2O/c1-10-5-6-13(9-14)12(8-10)4-3-7-15-11(2)16/h3-6,8H,7H2,1-2H3,(H,15,16). The van der Waals surface area contributed by atoms with Crippen LogP contribution >= 0.6 is 0 Å². The quantitative estimate of drug-likeness (QED) is 0.836. The first-order valence-corrected chi connectivity index (χ1v) is 5.05. The average molecular weight is 214 g/mol. The first-order valence-electron chi connectivity index (χ1n) is 5.05. The van der Waals surface area contributed by atoms with Gasteiger partial charge in [0.15, 0.2) is 0 Å². The minimum atomic E-state index is -0.0607. The van der Waals surface area contributed by atoms with Crippen molar-refractivity contribution in [2.24, 2.45) is 0 Å². The van der Waals surface area contributed by atoms with Crippen LogP contribution < -0.4 is 5.32 Å². The second-order valence-electron chi connectivity index (χ2n) is 3.54. The third kappa shape index (κ3) is 3.58. The molecule has 0 aliphatic heterocycles. The molecule has 3 nitrogen and oxygen atoms in total. The Morgan fingerprint density at radius 3 is 2.94 bits per heavy atom. The Labute approximate surface area is 95.4 Å². The predicted molar refractivity (Wildman–Crippen MR) is 63.6 cm³/mol. The van der Waals surface area contributed by atoms with Crippen molar-refractivity contribution >= 4 is 12.0 Å². The molecule has 0 saturated carbocycles. The summed E-state index contributed by atoms with van der Waals surface area (Å²) in [5.41, 5.74) is 2.63. The summed E-state index contributed by atoms with van der Waals surface area (Å²) in [7, 11) is 0. The smallest absolute Gasteiger partial charge is 0.217 e. The number of nitriles is 1. The molecule has 0 heterocycles. The summed E-state index contributed by atoms with van der Waals surface area (Å²) in [5.74, 6) is -0.0607. The van der Waals surface area contributed by atoms with Crippen molar-refractivity contribution in [2.45, 2.75) is 13.8 Å². The average Bonchev–Trinajstić information content (AvgIpc) is 2.24. The first kappa shape index (κ1) is 12.0. The van der Waals surface area contributed by atoms with E-state index in [1.54, 1.807) is 6.07 Å². The molecular weight excluding hydrogens is 200 g/mol. The maximum atomic E-state index is 10.6. The van der Waals surface area contributed by atoms with Gasteiger partial charge >= 0.3 is 0 Å². The lowest BCUT2D eigenvalue weighted by Crippen LogP contribution is -2.19. The van der Waals surface area contributed by atoms with Crippen molar-refractivity contribution in [1.82, 2.24) is 5.32 Å². The van der Waals surface area contributed by atoms with Gasteiger partial charge in [0.25, 0.3) is 0 Å². The van der Waals surface area contributed by atoms with Gasteiger partial charge in [0.1, 0.15) is 0 Å². The highest BCUT2D eigenvalue weighted by Crippen LogP contribution is 2.12. The van der Waals surface area contributed by atoms with Gasteiger partial charge in [0.05, 0.1) is 11.6 Å². The molecule has 16 heavy (non-hydrogen) atoms. The van der Waals surface area contributed by atoms with E-state index in [0.717, 1.165) is 11.1 Å². The number of hydrogen-bond acceptors (Lipinski definition) is 2. The van der Waals surface area contributed by atoms with E-state index >= 15 is 0 Å². The molecule has 0 spiro atoms. The Hall–Kier alpha value is -2.08. The maximum Gasteiger partial charge on any atom is 0.217 e. The van der Waals surface area contributed by atoms with Gasteiger partial charge in [-0.3, -0.25) is 4.79 Å². The minimum Gasteiger partial charge on any atom is -0.353 e. The highest BCUT2D eigenvalue weighted by atomic mass is 16.1. The zero-order chi connectivity index (χ0) is 12.0. The molecular formula is C13H14N2O. The molecule has 0 aliphatic rings. The SMILES string of the molecule is CC(=O)NCC=Cc1cc(C)ccc1C#N. The third-order valence-electron chi connectivity index (χ3n) is 2.09. The molecule has 0 bridgehead atoms. The summed E-state index contributed by atoms with van der Waals surface area (Å²) in [6.07, 6.45) is 3.68. The molecule has 0 aromatic heterocycles.